The van der Waals surface area contributed by atoms with Gasteiger partial charge in [-0.25, -0.2) is 0 Å². The van der Waals surface area contributed by atoms with Gasteiger partial charge < -0.3 is 9.47 Å². The van der Waals surface area contributed by atoms with Crippen molar-refractivity contribution in [1.29, 1.82) is 0 Å². The van der Waals surface area contributed by atoms with Crippen molar-refractivity contribution in [3.63, 3.8) is 0 Å². The summed E-state index contributed by atoms with van der Waals surface area (Å²) in [6.45, 7) is 9.17. The molecule has 1 aliphatic rings. The van der Waals surface area contributed by atoms with Gasteiger partial charge in [0.05, 0.1) is 6.10 Å². The highest BCUT2D eigenvalue weighted by molar-refractivity contribution is 9.09. The Morgan fingerprint density at radius 3 is 2.73 bits per heavy atom. The third kappa shape index (κ3) is 4.25. The van der Waals surface area contributed by atoms with E-state index in [1.165, 1.54) is 6.42 Å². The molecule has 0 aromatic heterocycles. The lowest BCUT2D eigenvalue weighted by Crippen LogP contribution is -2.32. The molecule has 0 bridgehead atoms. The molecule has 15 heavy (non-hydrogen) atoms. The summed E-state index contributed by atoms with van der Waals surface area (Å²) < 4.78 is 11.5. The molecule has 2 nitrogen and oxygen atoms in total. The van der Waals surface area contributed by atoms with Gasteiger partial charge in [-0.2, -0.15) is 0 Å². The van der Waals surface area contributed by atoms with Crippen LogP contribution >= 0.6 is 15.9 Å². The smallest absolute Gasteiger partial charge is 0.158 e. The Bertz CT molecular complexity index is 198. The van der Waals surface area contributed by atoms with Crippen molar-refractivity contribution in [3.05, 3.63) is 12.2 Å². The van der Waals surface area contributed by atoms with E-state index in [0.29, 0.717) is 5.92 Å². The van der Waals surface area contributed by atoms with Gasteiger partial charge in [0.2, 0.25) is 0 Å². The molecule has 1 saturated heterocycles. The zero-order valence-electron chi connectivity index (χ0n) is 9.67. The maximum Gasteiger partial charge on any atom is 0.158 e. The summed E-state index contributed by atoms with van der Waals surface area (Å²) in [6.07, 6.45) is 3.45. The number of ether oxygens (including phenoxy) is 2. The van der Waals surface area contributed by atoms with E-state index in [9.17, 15) is 0 Å². The van der Waals surface area contributed by atoms with Crippen molar-refractivity contribution >= 4 is 15.9 Å². The molecule has 0 N–H and O–H groups in total. The molecule has 1 rings (SSSR count). The molecule has 1 aliphatic heterocycles. The van der Waals surface area contributed by atoms with Gasteiger partial charge in [-0.1, -0.05) is 36.4 Å². The molecule has 1 unspecified atom stereocenters. The lowest BCUT2D eigenvalue weighted by Gasteiger charge is -2.30. The van der Waals surface area contributed by atoms with E-state index in [-0.39, 0.29) is 12.4 Å². The highest BCUT2D eigenvalue weighted by atomic mass is 79.9. The highest BCUT2D eigenvalue weighted by Crippen LogP contribution is 2.23. The quantitative estimate of drug-likeness (QED) is 0.565. The SMILES string of the molecule is C=C(CBr)[C@@H](OC1CCCCO1)C(C)C. The molecule has 0 amide bonds. The summed E-state index contributed by atoms with van der Waals surface area (Å²) >= 11 is 3.43. The van der Waals surface area contributed by atoms with Gasteiger partial charge in [0.15, 0.2) is 6.29 Å². The first kappa shape index (κ1) is 13.2. The molecule has 0 saturated carbocycles. The standard InChI is InChI=1S/C12H21BrO2/c1-9(2)12(10(3)8-13)15-11-6-4-5-7-14-11/h9,11-12H,3-8H2,1-2H3/t11?,12-/m0/s1. The Kier molecular flexibility index (Phi) is 5.87. The van der Waals surface area contributed by atoms with Crippen LogP contribution in [0, 0.1) is 5.92 Å². The topological polar surface area (TPSA) is 18.5 Å². The van der Waals surface area contributed by atoms with Crippen molar-refractivity contribution in [2.24, 2.45) is 5.92 Å². The summed E-state index contributed by atoms with van der Waals surface area (Å²) in [6, 6.07) is 0. The second-order valence-corrected chi connectivity index (χ2v) is 4.95. The van der Waals surface area contributed by atoms with Crippen LogP contribution in [0.15, 0.2) is 12.2 Å². The second-order valence-electron chi connectivity index (χ2n) is 4.39. The van der Waals surface area contributed by atoms with Crippen LogP contribution in [0.3, 0.4) is 0 Å². The average Bonchev–Trinajstić information content (AvgIpc) is 2.26. The third-order valence-corrected chi connectivity index (χ3v) is 3.34. The van der Waals surface area contributed by atoms with Gasteiger partial charge in [-0.15, -0.1) is 0 Å². The van der Waals surface area contributed by atoms with Crippen LogP contribution < -0.4 is 0 Å². The number of alkyl halides is 1. The first-order valence-corrected chi connectivity index (χ1v) is 6.78. The van der Waals surface area contributed by atoms with E-state index >= 15 is 0 Å². The van der Waals surface area contributed by atoms with E-state index in [1.54, 1.807) is 0 Å². The monoisotopic (exact) mass is 276 g/mol. The minimum atomic E-state index is -0.0260. The zero-order chi connectivity index (χ0) is 11.3. The molecule has 0 aliphatic carbocycles. The Balaban J connectivity index is 2.46. The van der Waals surface area contributed by atoms with E-state index in [0.717, 1.165) is 30.4 Å². The van der Waals surface area contributed by atoms with Crippen molar-refractivity contribution in [2.45, 2.75) is 45.5 Å². The van der Waals surface area contributed by atoms with Gasteiger partial charge in [-0.3, -0.25) is 0 Å². The predicted molar refractivity (Wildman–Crippen MR) is 66.2 cm³/mol. The molecule has 0 aromatic carbocycles. The molecule has 2 atom stereocenters. The van der Waals surface area contributed by atoms with Crippen molar-refractivity contribution in [2.75, 3.05) is 11.9 Å². The van der Waals surface area contributed by atoms with Crippen LogP contribution in [0.25, 0.3) is 0 Å². The lowest BCUT2D eigenvalue weighted by molar-refractivity contribution is -0.187. The summed E-state index contributed by atoms with van der Waals surface area (Å²) in [7, 11) is 0. The Morgan fingerprint density at radius 1 is 1.53 bits per heavy atom. The maximum atomic E-state index is 5.95. The highest BCUT2D eigenvalue weighted by Gasteiger charge is 2.23. The fourth-order valence-corrected chi connectivity index (χ4v) is 2.10. The Labute approximate surface area is 101 Å². The number of hydrogen-bond donors (Lipinski definition) is 0. The average molecular weight is 277 g/mol. The third-order valence-electron chi connectivity index (χ3n) is 2.62. The van der Waals surface area contributed by atoms with Gasteiger partial charge in [-0.05, 0) is 30.8 Å². The van der Waals surface area contributed by atoms with Gasteiger partial charge >= 0.3 is 0 Å². The molecule has 0 aromatic rings. The number of hydrogen-bond acceptors (Lipinski definition) is 2. The summed E-state index contributed by atoms with van der Waals surface area (Å²) in [5, 5.41) is 0.794. The fourth-order valence-electron chi connectivity index (χ4n) is 1.78. The first-order valence-electron chi connectivity index (χ1n) is 5.66. The van der Waals surface area contributed by atoms with Crippen LogP contribution in [0.2, 0.25) is 0 Å². The second kappa shape index (κ2) is 6.66. The molecule has 1 heterocycles. The van der Waals surface area contributed by atoms with Gasteiger partial charge in [0.25, 0.3) is 0 Å². The van der Waals surface area contributed by atoms with E-state index in [2.05, 4.69) is 36.4 Å². The molecule has 3 heteroatoms. The molecule has 0 radical (unpaired) electrons. The molecule has 1 fully saturated rings. The summed E-state index contributed by atoms with van der Waals surface area (Å²) in [5.74, 6) is 0.445. The van der Waals surface area contributed by atoms with Crippen LogP contribution in [-0.4, -0.2) is 24.3 Å². The lowest BCUT2D eigenvalue weighted by atomic mass is 10.0. The van der Waals surface area contributed by atoms with Crippen molar-refractivity contribution in [3.8, 4) is 0 Å². The normalized spacial score (nSPS) is 24.1. The van der Waals surface area contributed by atoms with Crippen LogP contribution in [-0.2, 0) is 9.47 Å². The minimum Gasteiger partial charge on any atom is -0.353 e. The number of rotatable bonds is 5. The predicted octanol–water partition coefficient (Wildman–Crippen LogP) is 3.51. The van der Waals surface area contributed by atoms with Gasteiger partial charge in [0, 0.05) is 11.9 Å². The molecule has 88 valence electrons. The first-order chi connectivity index (χ1) is 7.15. The van der Waals surface area contributed by atoms with Crippen LogP contribution in [0.4, 0.5) is 0 Å². The fraction of sp³-hybridized carbons (Fsp3) is 0.833. The van der Waals surface area contributed by atoms with Gasteiger partial charge in [0.1, 0.15) is 0 Å². The van der Waals surface area contributed by atoms with E-state index < -0.39 is 0 Å². The maximum absolute atomic E-state index is 5.95. The van der Waals surface area contributed by atoms with E-state index in [1.807, 2.05) is 0 Å². The minimum absolute atomic E-state index is 0.0260. The summed E-state index contributed by atoms with van der Waals surface area (Å²) in [4.78, 5) is 0. The summed E-state index contributed by atoms with van der Waals surface area (Å²) in [5.41, 5.74) is 1.10. The van der Waals surface area contributed by atoms with E-state index in [4.69, 9.17) is 9.47 Å². The van der Waals surface area contributed by atoms with Crippen molar-refractivity contribution in [1.82, 2.24) is 0 Å². The zero-order valence-corrected chi connectivity index (χ0v) is 11.3. The largest absolute Gasteiger partial charge is 0.353 e. The van der Waals surface area contributed by atoms with Crippen molar-refractivity contribution < 1.29 is 9.47 Å². The van der Waals surface area contributed by atoms with Crippen LogP contribution in [0.1, 0.15) is 33.1 Å². The molecule has 0 spiro atoms. The molecular weight excluding hydrogens is 256 g/mol. The van der Waals surface area contributed by atoms with Crippen LogP contribution in [0.5, 0.6) is 0 Å². The Hall–Kier alpha value is 0.140. The Morgan fingerprint density at radius 2 is 2.27 bits per heavy atom. The molecular formula is C12H21BrO2. The number of halogens is 1.